The van der Waals surface area contributed by atoms with Crippen LogP contribution in [0.5, 0.6) is 0 Å². The number of esters is 1. The van der Waals surface area contributed by atoms with Crippen LogP contribution in [0.15, 0.2) is 22.8 Å². The van der Waals surface area contributed by atoms with Gasteiger partial charge < -0.3 is 14.5 Å². The molecule has 2 aliphatic rings. The van der Waals surface area contributed by atoms with Gasteiger partial charge in [-0.25, -0.2) is 4.79 Å². The fourth-order valence-corrected chi connectivity index (χ4v) is 3.83. The van der Waals surface area contributed by atoms with Gasteiger partial charge in [0.25, 0.3) is 5.91 Å². The summed E-state index contributed by atoms with van der Waals surface area (Å²) in [5, 5.41) is 4.59. The Morgan fingerprint density at radius 3 is 2.79 bits per heavy atom. The van der Waals surface area contributed by atoms with E-state index in [1.54, 1.807) is 12.1 Å². The molecule has 2 bridgehead atoms. The number of fused-ring (bicyclic) bond motifs is 2. The molecule has 2 saturated carbocycles. The van der Waals surface area contributed by atoms with Gasteiger partial charge in [0.2, 0.25) is 0 Å². The second kappa shape index (κ2) is 7.51. The molecule has 24 heavy (non-hydrogen) atoms. The first kappa shape index (κ1) is 16.5. The van der Waals surface area contributed by atoms with E-state index in [0.717, 1.165) is 12.3 Å². The monoisotopic (exact) mass is 334 g/mol. The van der Waals surface area contributed by atoms with Crippen molar-refractivity contribution in [2.45, 2.75) is 38.6 Å². The normalized spacial score (nSPS) is 24.6. The number of rotatable bonds is 6. The first-order valence-corrected chi connectivity index (χ1v) is 8.36. The summed E-state index contributed by atoms with van der Waals surface area (Å²) in [6, 6.07) is 2.76. The second-order valence-corrected chi connectivity index (χ2v) is 6.61. The molecule has 0 aliphatic heterocycles. The van der Waals surface area contributed by atoms with Crippen molar-refractivity contribution in [3.05, 3.63) is 24.2 Å². The number of carbonyl (C=O) groups is 3. The molecule has 1 aromatic rings. The molecule has 7 heteroatoms. The van der Waals surface area contributed by atoms with Gasteiger partial charge in [-0.3, -0.25) is 14.9 Å². The summed E-state index contributed by atoms with van der Waals surface area (Å²) in [4.78, 5) is 35.0. The highest BCUT2D eigenvalue weighted by atomic mass is 16.5. The number of furan rings is 1. The lowest BCUT2D eigenvalue weighted by Gasteiger charge is -2.20. The molecule has 130 valence electrons. The van der Waals surface area contributed by atoms with Gasteiger partial charge in [0, 0.05) is 6.42 Å². The van der Waals surface area contributed by atoms with Crippen molar-refractivity contribution in [3.8, 4) is 0 Å². The molecule has 2 aliphatic carbocycles. The zero-order valence-electron chi connectivity index (χ0n) is 13.5. The Kier molecular flexibility index (Phi) is 5.17. The smallest absolute Gasteiger partial charge is 0.321 e. The van der Waals surface area contributed by atoms with Gasteiger partial charge in [-0.15, -0.1) is 0 Å². The standard InChI is InChI=1S/C17H22N2O5/c20-15(19-17(22)18-9-14-2-1-5-23-14)10-24-16(21)8-13-7-11-3-4-12(13)6-11/h1-2,5,11-13H,3-4,6-10H2,(H2,18,19,20,22)/t11-,12-,13+/m1/s1. The summed E-state index contributed by atoms with van der Waals surface area (Å²) < 4.78 is 10.0. The molecule has 3 amide bonds. The molecule has 2 N–H and O–H groups in total. The Morgan fingerprint density at radius 1 is 1.25 bits per heavy atom. The lowest BCUT2D eigenvalue weighted by atomic mass is 9.86. The van der Waals surface area contributed by atoms with E-state index in [4.69, 9.17) is 9.15 Å². The molecule has 1 aromatic heterocycles. The molecule has 3 rings (SSSR count). The van der Waals surface area contributed by atoms with E-state index in [0.29, 0.717) is 24.0 Å². The zero-order valence-corrected chi connectivity index (χ0v) is 13.5. The van der Waals surface area contributed by atoms with Crippen LogP contribution in [0, 0.1) is 17.8 Å². The maximum Gasteiger partial charge on any atom is 0.321 e. The lowest BCUT2D eigenvalue weighted by Crippen LogP contribution is -2.41. The Balaban J connectivity index is 1.30. The van der Waals surface area contributed by atoms with Crippen LogP contribution in [0.4, 0.5) is 4.79 Å². The molecule has 0 radical (unpaired) electrons. The molecule has 1 heterocycles. The van der Waals surface area contributed by atoms with Crippen molar-refractivity contribution < 1.29 is 23.5 Å². The quantitative estimate of drug-likeness (QED) is 0.775. The van der Waals surface area contributed by atoms with Crippen LogP contribution in [0.25, 0.3) is 0 Å². The number of hydrogen-bond donors (Lipinski definition) is 2. The number of hydrogen-bond acceptors (Lipinski definition) is 5. The number of nitrogens with one attached hydrogen (secondary N) is 2. The second-order valence-electron chi connectivity index (χ2n) is 6.61. The number of imide groups is 1. The van der Waals surface area contributed by atoms with Crippen molar-refractivity contribution >= 4 is 17.9 Å². The average Bonchev–Trinajstić information content (AvgIpc) is 3.28. The highest BCUT2D eigenvalue weighted by molar-refractivity contribution is 5.95. The number of amides is 3. The fraction of sp³-hybridized carbons (Fsp3) is 0.588. The maximum absolute atomic E-state index is 11.8. The third-order valence-electron chi connectivity index (χ3n) is 4.93. The average molecular weight is 334 g/mol. The van der Waals surface area contributed by atoms with Crippen molar-refractivity contribution in [2.24, 2.45) is 17.8 Å². The minimum absolute atomic E-state index is 0.177. The fourth-order valence-electron chi connectivity index (χ4n) is 3.83. The first-order valence-electron chi connectivity index (χ1n) is 8.36. The van der Waals surface area contributed by atoms with E-state index in [1.807, 2.05) is 0 Å². The van der Waals surface area contributed by atoms with Crippen LogP contribution < -0.4 is 10.6 Å². The third kappa shape index (κ3) is 4.37. The first-order chi connectivity index (χ1) is 11.6. The SMILES string of the molecule is O=C(COC(=O)C[C@@H]1C[C@@H]2CC[C@@H]1C2)NC(=O)NCc1ccco1. The van der Waals surface area contributed by atoms with E-state index in [9.17, 15) is 14.4 Å². The molecule has 0 saturated heterocycles. The topological polar surface area (TPSA) is 97.6 Å². The lowest BCUT2D eigenvalue weighted by molar-refractivity contribution is -0.149. The van der Waals surface area contributed by atoms with E-state index >= 15 is 0 Å². The third-order valence-corrected chi connectivity index (χ3v) is 4.93. The zero-order chi connectivity index (χ0) is 16.9. The molecule has 7 nitrogen and oxygen atoms in total. The number of ether oxygens (including phenoxy) is 1. The summed E-state index contributed by atoms with van der Waals surface area (Å²) >= 11 is 0. The molecule has 0 spiro atoms. The molecule has 2 fully saturated rings. The molecule has 3 atom stereocenters. The Morgan fingerprint density at radius 2 is 2.12 bits per heavy atom. The molecular formula is C17H22N2O5. The van der Waals surface area contributed by atoms with Crippen LogP contribution in [-0.2, 0) is 20.9 Å². The molecule has 0 unspecified atom stereocenters. The molecule has 0 aromatic carbocycles. The minimum Gasteiger partial charge on any atom is -0.467 e. The summed E-state index contributed by atoms with van der Waals surface area (Å²) in [7, 11) is 0. The predicted octanol–water partition coefficient (Wildman–Crippen LogP) is 1.97. The summed E-state index contributed by atoms with van der Waals surface area (Å²) in [5.74, 6) is 1.38. The number of carbonyl (C=O) groups excluding carboxylic acids is 3. The maximum atomic E-state index is 11.8. The van der Waals surface area contributed by atoms with E-state index < -0.39 is 18.5 Å². The Hall–Kier alpha value is -2.31. The minimum atomic E-state index is -0.652. The van der Waals surface area contributed by atoms with E-state index in [1.165, 1.54) is 25.5 Å². The number of urea groups is 1. The van der Waals surface area contributed by atoms with Crippen molar-refractivity contribution in [1.82, 2.24) is 10.6 Å². The van der Waals surface area contributed by atoms with Crippen molar-refractivity contribution in [3.63, 3.8) is 0 Å². The van der Waals surface area contributed by atoms with E-state index in [-0.39, 0.29) is 12.5 Å². The summed E-state index contributed by atoms with van der Waals surface area (Å²) in [5.41, 5.74) is 0. The Bertz CT molecular complexity index is 598. The summed E-state index contributed by atoms with van der Waals surface area (Å²) in [6.45, 7) is -0.260. The van der Waals surface area contributed by atoms with Gasteiger partial charge in [0.15, 0.2) is 6.61 Å². The predicted molar refractivity (Wildman–Crippen MR) is 83.6 cm³/mol. The molecular weight excluding hydrogens is 312 g/mol. The van der Waals surface area contributed by atoms with Gasteiger partial charge in [-0.1, -0.05) is 6.42 Å². The summed E-state index contributed by atoms with van der Waals surface area (Å²) in [6.07, 6.45) is 6.69. The van der Waals surface area contributed by atoms with Gasteiger partial charge >= 0.3 is 12.0 Å². The van der Waals surface area contributed by atoms with Gasteiger partial charge in [0.1, 0.15) is 5.76 Å². The van der Waals surface area contributed by atoms with Crippen LogP contribution in [0.2, 0.25) is 0 Å². The highest BCUT2D eigenvalue weighted by Gasteiger charge is 2.40. The van der Waals surface area contributed by atoms with Gasteiger partial charge in [0.05, 0.1) is 12.8 Å². The van der Waals surface area contributed by atoms with Crippen LogP contribution in [0.1, 0.15) is 37.9 Å². The Labute approximate surface area is 140 Å². The van der Waals surface area contributed by atoms with Crippen LogP contribution in [-0.4, -0.2) is 24.5 Å². The van der Waals surface area contributed by atoms with Gasteiger partial charge in [-0.05, 0) is 49.1 Å². The van der Waals surface area contributed by atoms with Crippen LogP contribution >= 0.6 is 0 Å². The highest BCUT2D eigenvalue weighted by Crippen LogP contribution is 2.49. The van der Waals surface area contributed by atoms with Gasteiger partial charge in [-0.2, -0.15) is 0 Å². The largest absolute Gasteiger partial charge is 0.467 e. The van der Waals surface area contributed by atoms with Crippen molar-refractivity contribution in [2.75, 3.05) is 6.61 Å². The van der Waals surface area contributed by atoms with E-state index in [2.05, 4.69) is 10.6 Å². The van der Waals surface area contributed by atoms with Crippen molar-refractivity contribution in [1.29, 1.82) is 0 Å². The van der Waals surface area contributed by atoms with Crippen LogP contribution in [0.3, 0.4) is 0 Å².